The van der Waals surface area contributed by atoms with E-state index >= 15 is 0 Å². The third kappa shape index (κ3) is 3.26. The van der Waals surface area contributed by atoms with Crippen LogP contribution in [0.5, 0.6) is 0 Å². The topological polar surface area (TPSA) is 70.6 Å². The predicted molar refractivity (Wildman–Crippen MR) is 62.4 cm³/mol. The lowest BCUT2D eigenvalue weighted by Gasteiger charge is -2.30. The molecule has 2 unspecified atom stereocenters. The zero-order valence-corrected chi connectivity index (χ0v) is 9.43. The van der Waals surface area contributed by atoms with E-state index in [4.69, 9.17) is 9.84 Å². The van der Waals surface area contributed by atoms with E-state index in [1.807, 2.05) is 30.3 Å². The first kappa shape index (κ1) is 12.0. The van der Waals surface area contributed by atoms with Gasteiger partial charge in [0.1, 0.15) is 12.3 Å². The Labute approximate surface area is 99.8 Å². The van der Waals surface area contributed by atoms with Crippen molar-refractivity contribution in [3.8, 4) is 0 Å². The van der Waals surface area contributed by atoms with Crippen LogP contribution < -0.4 is 10.6 Å². The normalized spacial score (nSPS) is 24.5. The molecule has 3 N–H and O–H groups in total. The number of carboxylic acids is 1. The van der Waals surface area contributed by atoms with E-state index in [1.165, 1.54) is 0 Å². The number of benzene rings is 1. The molecule has 0 radical (unpaired) electrons. The van der Waals surface area contributed by atoms with Gasteiger partial charge in [-0.05, 0) is 5.56 Å². The highest BCUT2D eigenvalue weighted by molar-refractivity contribution is 5.74. The molecular weight excluding hydrogens is 220 g/mol. The van der Waals surface area contributed by atoms with Gasteiger partial charge in [0.05, 0.1) is 6.61 Å². The summed E-state index contributed by atoms with van der Waals surface area (Å²) >= 11 is 0. The van der Waals surface area contributed by atoms with Crippen molar-refractivity contribution in [3.63, 3.8) is 0 Å². The van der Waals surface area contributed by atoms with Crippen LogP contribution in [-0.4, -0.2) is 36.4 Å². The Hall–Kier alpha value is -1.43. The fourth-order valence-corrected chi connectivity index (χ4v) is 1.80. The van der Waals surface area contributed by atoms with Crippen LogP contribution in [0.25, 0.3) is 0 Å². The van der Waals surface area contributed by atoms with Crippen LogP contribution in [0.15, 0.2) is 30.3 Å². The van der Waals surface area contributed by atoms with Crippen molar-refractivity contribution in [2.45, 2.75) is 18.9 Å². The molecule has 0 saturated carbocycles. The maximum atomic E-state index is 11.0. The Bertz CT molecular complexity index is 369. The lowest BCUT2D eigenvalue weighted by atomic mass is 10.2. The van der Waals surface area contributed by atoms with Crippen molar-refractivity contribution in [1.82, 2.24) is 10.6 Å². The van der Waals surface area contributed by atoms with E-state index in [0.717, 1.165) is 5.56 Å². The summed E-state index contributed by atoms with van der Waals surface area (Å²) in [5.74, 6) is -0.893. The number of nitrogens with one attached hydrogen (secondary N) is 2. The van der Waals surface area contributed by atoms with Gasteiger partial charge in [-0.2, -0.15) is 0 Å². The van der Waals surface area contributed by atoms with Crippen molar-refractivity contribution < 1.29 is 14.6 Å². The number of hydrogen-bond donors (Lipinski definition) is 3. The monoisotopic (exact) mass is 236 g/mol. The Kier molecular flexibility index (Phi) is 4.08. The molecule has 1 fully saturated rings. The average Bonchev–Trinajstić information content (AvgIpc) is 2.38. The summed E-state index contributed by atoms with van der Waals surface area (Å²) in [6.07, 6.45) is -0.485. The Morgan fingerprint density at radius 2 is 2.00 bits per heavy atom. The highest BCUT2D eigenvalue weighted by Gasteiger charge is 2.30. The van der Waals surface area contributed by atoms with Gasteiger partial charge in [0, 0.05) is 13.1 Å². The second kappa shape index (κ2) is 5.77. The minimum atomic E-state index is -0.893. The first-order valence-corrected chi connectivity index (χ1v) is 5.62. The van der Waals surface area contributed by atoms with Crippen molar-refractivity contribution in [2.75, 3.05) is 13.1 Å². The van der Waals surface area contributed by atoms with Crippen LogP contribution in [-0.2, 0) is 16.1 Å². The second-order valence-electron chi connectivity index (χ2n) is 3.94. The summed E-state index contributed by atoms with van der Waals surface area (Å²) in [6.45, 7) is 1.76. The van der Waals surface area contributed by atoms with Gasteiger partial charge in [-0.1, -0.05) is 30.3 Å². The van der Waals surface area contributed by atoms with E-state index in [1.54, 1.807) is 0 Å². The van der Waals surface area contributed by atoms with Gasteiger partial charge in [-0.25, -0.2) is 0 Å². The minimum absolute atomic E-state index is 0.407. The van der Waals surface area contributed by atoms with Crippen molar-refractivity contribution in [3.05, 3.63) is 35.9 Å². The van der Waals surface area contributed by atoms with Crippen LogP contribution >= 0.6 is 0 Å². The highest BCUT2D eigenvalue weighted by Crippen LogP contribution is 2.06. The summed E-state index contributed by atoms with van der Waals surface area (Å²) < 4.78 is 5.59. The molecule has 2 rings (SSSR count). The van der Waals surface area contributed by atoms with Crippen LogP contribution in [0, 0.1) is 0 Å². The molecule has 1 aliphatic heterocycles. The molecule has 17 heavy (non-hydrogen) atoms. The number of ether oxygens (including phenoxy) is 1. The molecule has 1 saturated heterocycles. The zero-order valence-electron chi connectivity index (χ0n) is 9.43. The summed E-state index contributed by atoms with van der Waals surface area (Å²) in [6, 6.07) is 9.01. The molecule has 1 heterocycles. The molecule has 1 aromatic rings. The van der Waals surface area contributed by atoms with E-state index in [2.05, 4.69) is 10.6 Å². The smallest absolute Gasteiger partial charge is 0.324 e. The number of hydrogen-bond acceptors (Lipinski definition) is 4. The largest absolute Gasteiger partial charge is 0.480 e. The van der Waals surface area contributed by atoms with Gasteiger partial charge in [-0.15, -0.1) is 0 Å². The van der Waals surface area contributed by atoms with Gasteiger partial charge in [0.15, 0.2) is 0 Å². The number of carbonyl (C=O) groups is 1. The lowest BCUT2D eigenvalue weighted by Crippen LogP contribution is -2.60. The van der Waals surface area contributed by atoms with Gasteiger partial charge in [-0.3, -0.25) is 15.4 Å². The molecule has 5 nitrogen and oxygen atoms in total. The van der Waals surface area contributed by atoms with Gasteiger partial charge in [0.2, 0.25) is 0 Å². The lowest BCUT2D eigenvalue weighted by molar-refractivity contribution is -0.146. The predicted octanol–water partition coefficient (Wildman–Crippen LogP) is 0.175. The summed E-state index contributed by atoms with van der Waals surface area (Å²) in [5.41, 5.74) is 1.03. The van der Waals surface area contributed by atoms with Gasteiger partial charge >= 0.3 is 5.97 Å². The summed E-state index contributed by atoms with van der Waals surface area (Å²) in [5, 5.41) is 15.0. The molecule has 1 aliphatic rings. The Morgan fingerprint density at radius 1 is 1.29 bits per heavy atom. The molecule has 0 aromatic heterocycles. The van der Waals surface area contributed by atoms with Gasteiger partial charge < -0.3 is 9.84 Å². The van der Waals surface area contributed by atoms with Crippen LogP contribution in [0.1, 0.15) is 5.56 Å². The number of rotatable bonds is 4. The fourth-order valence-electron chi connectivity index (χ4n) is 1.80. The van der Waals surface area contributed by atoms with Gasteiger partial charge in [0.25, 0.3) is 0 Å². The summed E-state index contributed by atoms with van der Waals surface area (Å²) in [7, 11) is 0. The number of piperazine rings is 1. The molecule has 0 aliphatic carbocycles. The number of carboxylic acid groups (broad SMARTS) is 1. The zero-order chi connectivity index (χ0) is 12.1. The van der Waals surface area contributed by atoms with Crippen LogP contribution in [0.2, 0.25) is 0 Å². The maximum Gasteiger partial charge on any atom is 0.324 e. The van der Waals surface area contributed by atoms with Crippen molar-refractivity contribution in [2.24, 2.45) is 0 Å². The maximum absolute atomic E-state index is 11.0. The van der Waals surface area contributed by atoms with Crippen molar-refractivity contribution >= 4 is 5.97 Å². The first-order valence-electron chi connectivity index (χ1n) is 5.62. The van der Waals surface area contributed by atoms with E-state index in [-0.39, 0.29) is 0 Å². The quantitative estimate of drug-likeness (QED) is 0.695. The van der Waals surface area contributed by atoms with E-state index in [0.29, 0.717) is 19.7 Å². The molecule has 0 spiro atoms. The minimum Gasteiger partial charge on any atom is -0.480 e. The number of aliphatic carboxylic acids is 1. The average molecular weight is 236 g/mol. The fraction of sp³-hybridized carbons (Fsp3) is 0.417. The molecule has 2 atom stereocenters. The van der Waals surface area contributed by atoms with Crippen LogP contribution in [0.3, 0.4) is 0 Å². The van der Waals surface area contributed by atoms with Crippen molar-refractivity contribution in [1.29, 1.82) is 0 Å². The third-order valence-corrected chi connectivity index (χ3v) is 2.68. The van der Waals surface area contributed by atoms with Crippen LogP contribution in [0.4, 0.5) is 0 Å². The Morgan fingerprint density at radius 3 is 2.71 bits per heavy atom. The summed E-state index contributed by atoms with van der Waals surface area (Å²) in [4.78, 5) is 11.0. The molecular formula is C12H16N2O3. The highest BCUT2D eigenvalue weighted by atomic mass is 16.5. The first-order chi connectivity index (χ1) is 8.27. The Balaban J connectivity index is 1.90. The second-order valence-corrected chi connectivity index (χ2v) is 3.94. The molecule has 92 valence electrons. The standard InChI is InChI=1S/C12H16N2O3/c15-12(16)10-11(14-7-6-13-10)17-8-9-4-2-1-3-5-9/h1-5,10-11,13-14H,6-8H2,(H,15,16). The molecule has 0 bridgehead atoms. The molecule has 1 aromatic carbocycles. The SMILES string of the molecule is O=C(O)C1NCCNC1OCc1ccccc1. The third-order valence-electron chi connectivity index (χ3n) is 2.68. The van der Waals surface area contributed by atoms with E-state index < -0.39 is 18.2 Å². The molecule has 5 heteroatoms. The molecule has 0 amide bonds. The van der Waals surface area contributed by atoms with E-state index in [9.17, 15) is 4.79 Å².